The molecule has 0 radical (unpaired) electrons. The molecule has 2 nitrogen and oxygen atoms in total. The van der Waals surface area contributed by atoms with E-state index in [4.69, 9.17) is 0 Å². The maximum atomic E-state index is 12.3. The Hall–Kier alpha value is -0.660. The van der Waals surface area contributed by atoms with Crippen LogP contribution in [0.3, 0.4) is 0 Å². The summed E-state index contributed by atoms with van der Waals surface area (Å²) in [4.78, 5) is 24.1. The van der Waals surface area contributed by atoms with Crippen molar-refractivity contribution in [3.63, 3.8) is 0 Å². The lowest BCUT2D eigenvalue weighted by Gasteiger charge is -2.47. The predicted molar refractivity (Wildman–Crippen MR) is 67.6 cm³/mol. The van der Waals surface area contributed by atoms with Crippen LogP contribution in [-0.4, -0.2) is 11.6 Å². The monoisotopic (exact) mass is 236 g/mol. The number of ketones is 2. The number of carbonyl (C=O) groups excluding carboxylic acids is 2. The molecular formula is C15H24O2. The third-order valence-electron chi connectivity index (χ3n) is 4.84. The van der Waals surface area contributed by atoms with E-state index in [0.29, 0.717) is 24.0 Å². The Morgan fingerprint density at radius 1 is 1.00 bits per heavy atom. The molecule has 0 aromatic heterocycles. The summed E-state index contributed by atoms with van der Waals surface area (Å²) in [6.45, 7) is 3.80. The third-order valence-corrected chi connectivity index (χ3v) is 4.84. The Balaban J connectivity index is 2.11. The van der Waals surface area contributed by atoms with Gasteiger partial charge in [0.25, 0.3) is 0 Å². The molecule has 0 saturated heterocycles. The van der Waals surface area contributed by atoms with Crippen molar-refractivity contribution in [2.24, 2.45) is 23.7 Å². The summed E-state index contributed by atoms with van der Waals surface area (Å²) in [5.41, 5.74) is 0. The zero-order chi connectivity index (χ0) is 12.4. The number of Topliss-reactive ketones (excluding diaryl/α,β-unsaturated/α-hetero) is 2. The Labute approximate surface area is 104 Å². The highest BCUT2D eigenvalue weighted by molar-refractivity contribution is 5.89. The van der Waals surface area contributed by atoms with Gasteiger partial charge in [0.1, 0.15) is 11.6 Å². The topological polar surface area (TPSA) is 34.1 Å². The molecule has 2 heteroatoms. The second kappa shape index (κ2) is 5.32. The molecule has 2 bridgehead atoms. The Bertz CT molecular complexity index is 300. The number of carbonyl (C=O) groups is 2. The van der Waals surface area contributed by atoms with Gasteiger partial charge in [-0.05, 0) is 50.9 Å². The van der Waals surface area contributed by atoms with Gasteiger partial charge >= 0.3 is 0 Å². The van der Waals surface area contributed by atoms with E-state index in [0.717, 1.165) is 12.8 Å². The van der Waals surface area contributed by atoms with Gasteiger partial charge in [-0.1, -0.05) is 13.3 Å². The lowest BCUT2D eigenvalue weighted by Crippen LogP contribution is -2.46. The molecule has 3 rings (SSSR count). The second-order valence-corrected chi connectivity index (χ2v) is 5.91. The molecule has 96 valence electrons. The fourth-order valence-electron chi connectivity index (χ4n) is 4.02. The SMILES string of the molecule is CCCCC(=O)C1C2CCC(CC2)C1C(C)=O. The van der Waals surface area contributed by atoms with Crippen LogP contribution in [0.1, 0.15) is 58.8 Å². The average Bonchev–Trinajstić information content (AvgIpc) is 2.36. The first-order chi connectivity index (χ1) is 8.15. The molecule has 3 fully saturated rings. The molecule has 2 atom stereocenters. The van der Waals surface area contributed by atoms with Crippen molar-refractivity contribution in [2.75, 3.05) is 0 Å². The molecule has 0 aliphatic heterocycles. The standard InChI is InChI=1S/C15H24O2/c1-3-4-5-13(17)15-12-8-6-11(7-9-12)14(15)10(2)16/h11-12,14-15H,3-9H2,1-2H3. The minimum atomic E-state index is 0.0619. The molecule has 0 spiro atoms. The van der Waals surface area contributed by atoms with Gasteiger partial charge in [0.15, 0.2) is 0 Å². The molecule has 3 aliphatic rings. The zero-order valence-electron chi connectivity index (χ0n) is 11.1. The highest BCUT2D eigenvalue weighted by Crippen LogP contribution is 2.49. The van der Waals surface area contributed by atoms with Crippen molar-refractivity contribution >= 4 is 11.6 Å². The van der Waals surface area contributed by atoms with Crippen molar-refractivity contribution in [1.29, 1.82) is 0 Å². The highest BCUT2D eigenvalue weighted by Gasteiger charge is 2.48. The van der Waals surface area contributed by atoms with Gasteiger partial charge in [-0.2, -0.15) is 0 Å². The van der Waals surface area contributed by atoms with Crippen LogP contribution in [0.15, 0.2) is 0 Å². The van der Waals surface area contributed by atoms with Gasteiger partial charge in [0, 0.05) is 18.3 Å². The van der Waals surface area contributed by atoms with Crippen molar-refractivity contribution in [3.05, 3.63) is 0 Å². The summed E-state index contributed by atoms with van der Waals surface area (Å²) >= 11 is 0. The lowest BCUT2D eigenvalue weighted by atomic mass is 9.56. The zero-order valence-corrected chi connectivity index (χ0v) is 11.1. The normalized spacial score (nSPS) is 35.9. The second-order valence-electron chi connectivity index (χ2n) is 5.91. The van der Waals surface area contributed by atoms with E-state index in [2.05, 4.69) is 6.92 Å². The molecule has 0 N–H and O–H groups in total. The van der Waals surface area contributed by atoms with Gasteiger partial charge in [-0.15, -0.1) is 0 Å². The molecule has 0 heterocycles. The van der Waals surface area contributed by atoms with E-state index in [9.17, 15) is 9.59 Å². The number of rotatable bonds is 5. The van der Waals surface area contributed by atoms with Crippen molar-refractivity contribution < 1.29 is 9.59 Å². The molecule has 3 saturated carbocycles. The molecule has 0 amide bonds. The van der Waals surface area contributed by atoms with Gasteiger partial charge in [0.2, 0.25) is 0 Å². The summed E-state index contributed by atoms with van der Waals surface area (Å²) in [5.74, 6) is 1.79. The van der Waals surface area contributed by atoms with Crippen LogP contribution in [0.2, 0.25) is 0 Å². The first kappa shape index (κ1) is 12.8. The summed E-state index contributed by atoms with van der Waals surface area (Å²) in [5, 5.41) is 0. The Morgan fingerprint density at radius 3 is 2.00 bits per heavy atom. The van der Waals surface area contributed by atoms with Crippen molar-refractivity contribution in [2.45, 2.75) is 58.8 Å². The number of unbranched alkanes of at least 4 members (excludes halogenated alkanes) is 1. The summed E-state index contributed by atoms with van der Waals surface area (Å²) in [6.07, 6.45) is 7.44. The minimum absolute atomic E-state index is 0.0619. The first-order valence-electron chi connectivity index (χ1n) is 7.18. The van der Waals surface area contributed by atoms with Crippen LogP contribution >= 0.6 is 0 Å². The summed E-state index contributed by atoms with van der Waals surface area (Å²) in [7, 11) is 0. The van der Waals surface area contributed by atoms with Crippen LogP contribution in [0.4, 0.5) is 0 Å². The van der Waals surface area contributed by atoms with Crippen LogP contribution in [-0.2, 0) is 9.59 Å². The number of fused-ring (bicyclic) bond motifs is 3. The maximum absolute atomic E-state index is 12.3. The fraction of sp³-hybridized carbons (Fsp3) is 0.867. The molecule has 0 aromatic rings. The first-order valence-corrected chi connectivity index (χ1v) is 7.18. The third kappa shape index (κ3) is 2.46. The van der Waals surface area contributed by atoms with Gasteiger partial charge in [-0.3, -0.25) is 9.59 Å². The highest BCUT2D eigenvalue weighted by atomic mass is 16.1. The van der Waals surface area contributed by atoms with Gasteiger partial charge < -0.3 is 0 Å². The van der Waals surface area contributed by atoms with E-state index in [1.165, 1.54) is 25.7 Å². The molecular weight excluding hydrogens is 212 g/mol. The summed E-state index contributed by atoms with van der Waals surface area (Å²) < 4.78 is 0. The van der Waals surface area contributed by atoms with Crippen LogP contribution in [0.25, 0.3) is 0 Å². The van der Waals surface area contributed by atoms with Gasteiger partial charge in [-0.25, -0.2) is 0 Å². The number of hydrogen-bond acceptors (Lipinski definition) is 2. The quantitative estimate of drug-likeness (QED) is 0.733. The Morgan fingerprint density at radius 2 is 1.53 bits per heavy atom. The van der Waals surface area contributed by atoms with Crippen molar-refractivity contribution in [1.82, 2.24) is 0 Å². The molecule has 2 unspecified atom stereocenters. The average molecular weight is 236 g/mol. The lowest BCUT2D eigenvalue weighted by molar-refractivity contribution is -0.142. The van der Waals surface area contributed by atoms with Crippen LogP contribution in [0, 0.1) is 23.7 Å². The molecule has 0 aromatic carbocycles. The molecule has 3 aliphatic carbocycles. The maximum Gasteiger partial charge on any atom is 0.136 e. The van der Waals surface area contributed by atoms with E-state index < -0.39 is 0 Å². The minimum Gasteiger partial charge on any atom is -0.300 e. The predicted octanol–water partition coefficient (Wildman–Crippen LogP) is 3.39. The summed E-state index contributed by atoms with van der Waals surface area (Å²) in [6, 6.07) is 0. The van der Waals surface area contributed by atoms with Crippen LogP contribution in [0.5, 0.6) is 0 Å². The van der Waals surface area contributed by atoms with Gasteiger partial charge in [0.05, 0.1) is 0 Å². The fourth-order valence-corrected chi connectivity index (χ4v) is 4.02. The van der Waals surface area contributed by atoms with Crippen molar-refractivity contribution in [3.8, 4) is 0 Å². The Kier molecular flexibility index (Phi) is 4.01. The molecule has 17 heavy (non-hydrogen) atoms. The van der Waals surface area contributed by atoms with E-state index in [-0.39, 0.29) is 17.6 Å². The van der Waals surface area contributed by atoms with E-state index >= 15 is 0 Å². The smallest absolute Gasteiger partial charge is 0.136 e. The van der Waals surface area contributed by atoms with E-state index in [1.54, 1.807) is 6.92 Å². The number of hydrogen-bond donors (Lipinski definition) is 0. The van der Waals surface area contributed by atoms with Crippen LogP contribution < -0.4 is 0 Å². The largest absolute Gasteiger partial charge is 0.300 e. The van der Waals surface area contributed by atoms with E-state index in [1.807, 2.05) is 0 Å².